The smallest absolute Gasteiger partial charge is 0.242 e. The normalized spacial score (nSPS) is 15.6. The minimum absolute atomic E-state index is 0.00509. The van der Waals surface area contributed by atoms with Gasteiger partial charge in [-0.2, -0.15) is 0 Å². The molecule has 1 aliphatic heterocycles. The van der Waals surface area contributed by atoms with E-state index in [9.17, 15) is 13.2 Å². The second kappa shape index (κ2) is 8.41. The molecule has 30 heavy (non-hydrogen) atoms. The van der Waals surface area contributed by atoms with Gasteiger partial charge in [0.2, 0.25) is 5.91 Å². The molecule has 2 aromatic carbocycles. The average molecular weight is 446 g/mol. The van der Waals surface area contributed by atoms with Crippen LogP contribution in [0.25, 0.3) is 10.9 Å². The predicted octanol–water partition coefficient (Wildman–Crippen LogP) is 3.04. The summed E-state index contributed by atoms with van der Waals surface area (Å²) in [4.78, 5) is 17.1. The first-order valence-electron chi connectivity index (χ1n) is 9.85. The number of halogens is 1. The van der Waals surface area contributed by atoms with Crippen LogP contribution in [0, 0.1) is 0 Å². The van der Waals surface area contributed by atoms with Crippen LogP contribution in [0.3, 0.4) is 0 Å². The molecule has 0 unspecified atom stereocenters. The summed E-state index contributed by atoms with van der Waals surface area (Å²) in [6.45, 7) is 3.20. The zero-order valence-electron chi connectivity index (χ0n) is 16.8. The van der Waals surface area contributed by atoms with Crippen molar-refractivity contribution >= 4 is 38.2 Å². The lowest BCUT2D eigenvalue weighted by atomic mass is 10.2. The standard InChI is InChI=1S/C22H24ClN3O3S/c1-24-10-12-25(13-11-24)22(27)15-26-14-21(19-4-2-3-5-20(19)26)30(28,29)16-17-6-8-18(23)9-7-17/h2-9,14H,10-13,15-16H2,1H3. The number of carbonyl (C=O) groups excluding carboxylic acids is 1. The molecule has 6 nitrogen and oxygen atoms in total. The van der Waals surface area contributed by atoms with E-state index >= 15 is 0 Å². The van der Waals surface area contributed by atoms with Gasteiger partial charge in [-0.15, -0.1) is 0 Å². The summed E-state index contributed by atoms with van der Waals surface area (Å²) in [5.74, 6) is -0.115. The molecule has 0 aliphatic carbocycles. The van der Waals surface area contributed by atoms with E-state index < -0.39 is 9.84 Å². The molecule has 0 bridgehead atoms. The van der Waals surface area contributed by atoms with Gasteiger partial charge in [0.15, 0.2) is 9.84 Å². The molecule has 4 rings (SSSR count). The van der Waals surface area contributed by atoms with E-state index in [2.05, 4.69) is 4.90 Å². The van der Waals surface area contributed by atoms with Gasteiger partial charge in [0.05, 0.1) is 10.6 Å². The molecular weight excluding hydrogens is 422 g/mol. The van der Waals surface area contributed by atoms with Crippen molar-refractivity contribution in [2.24, 2.45) is 0 Å². The Morgan fingerprint density at radius 1 is 1.00 bits per heavy atom. The Bertz CT molecular complexity index is 1160. The number of sulfone groups is 1. The van der Waals surface area contributed by atoms with E-state index in [0.717, 1.165) is 18.6 Å². The third-order valence-corrected chi connectivity index (χ3v) is 7.48. The van der Waals surface area contributed by atoms with Gasteiger partial charge in [0.1, 0.15) is 6.54 Å². The first kappa shape index (κ1) is 20.9. The number of nitrogens with zero attached hydrogens (tertiary/aromatic N) is 3. The number of fused-ring (bicyclic) bond motifs is 1. The third kappa shape index (κ3) is 4.38. The quantitative estimate of drug-likeness (QED) is 0.605. The molecule has 8 heteroatoms. The van der Waals surface area contributed by atoms with Crippen LogP contribution in [0.15, 0.2) is 59.6 Å². The Balaban J connectivity index is 1.63. The fourth-order valence-electron chi connectivity index (χ4n) is 3.77. The van der Waals surface area contributed by atoms with Crippen molar-refractivity contribution in [3.63, 3.8) is 0 Å². The zero-order chi connectivity index (χ0) is 21.3. The summed E-state index contributed by atoms with van der Waals surface area (Å²) in [7, 11) is -1.55. The number of benzene rings is 2. The Morgan fingerprint density at radius 2 is 1.67 bits per heavy atom. The summed E-state index contributed by atoms with van der Waals surface area (Å²) < 4.78 is 28.1. The van der Waals surface area contributed by atoms with E-state index in [-0.39, 0.29) is 23.1 Å². The number of para-hydroxylation sites is 1. The largest absolute Gasteiger partial charge is 0.339 e. The highest BCUT2D eigenvalue weighted by atomic mass is 35.5. The predicted molar refractivity (Wildman–Crippen MR) is 118 cm³/mol. The Kier molecular flexibility index (Phi) is 5.86. The molecular formula is C22H24ClN3O3S. The minimum atomic E-state index is -3.60. The number of carbonyl (C=O) groups is 1. The average Bonchev–Trinajstić information content (AvgIpc) is 3.10. The summed E-state index contributed by atoms with van der Waals surface area (Å²) in [6.07, 6.45) is 1.60. The van der Waals surface area contributed by atoms with Crippen molar-refractivity contribution in [1.29, 1.82) is 0 Å². The molecule has 3 aromatic rings. The number of piperazine rings is 1. The number of rotatable bonds is 5. The summed E-state index contributed by atoms with van der Waals surface area (Å²) in [5, 5.41) is 1.20. The lowest BCUT2D eigenvalue weighted by Gasteiger charge is -2.32. The van der Waals surface area contributed by atoms with Crippen LogP contribution in [0.4, 0.5) is 0 Å². The molecule has 158 valence electrons. The van der Waals surface area contributed by atoms with Crippen LogP contribution in [-0.2, 0) is 26.9 Å². The van der Waals surface area contributed by atoms with Gasteiger partial charge in [0, 0.05) is 48.3 Å². The van der Waals surface area contributed by atoms with Gasteiger partial charge >= 0.3 is 0 Å². The first-order valence-corrected chi connectivity index (χ1v) is 11.9. The fourth-order valence-corrected chi connectivity index (χ4v) is 5.48. The molecule has 1 aromatic heterocycles. The summed E-state index contributed by atoms with van der Waals surface area (Å²) in [5.41, 5.74) is 1.42. The molecule has 2 heterocycles. The van der Waals surface area contributed by atoms with E-state index in [1.165, 1.54) is 0 Å². The SMILES string of the molecule is CN1CCN(C(=O)Cn2cc(S(=O)(=O)Cc3ccc(Cl)cc3)c3ccccc32)CC1. The van der Waals surface area contributed by atoms with Crippen molar-refractivity contribution < 1.29 is 13.2 Å². The summed E-state index contributed by atoms with van der Waals surface area (Å²) in [6, 6.07) is 14.1. The van der Waals surface area contributed by atoms with Gasteiger partial charge in [0.25, 0.3) is 0 Å². The van der Waals surface area contributed by atoms with Crippen molar-refractivity contribution in [2.45, 2.75) is 17.2 Å². The molecule has 0 saturated carbocycles. The highest BCUT2D eigenvalue weighted by Gasteiger charge is 2.24. The first-order chi connectivity index (χ1) is 14.3. The van der Waals surface area contributed by atoms with Gasteiger partial charge < -0.3 is 14.4 Å². The summed E-state index contributed by atoms with van der Waals surface area (Å²) >= 11 is 5.91. The molecule has 1 amide bonds. The number of aromatic nitrogens is 1. The molecule has 0 atom stereocenters. The Hall–Kier alpha value is -2.35. The minimum Gasteiger partial charge on any atom is -0.339 e. The van der Waals surface area contributed by atoms with E-state index in [0.29, 0.717) is 29.1 Å². The van der Waals surface area contributed by atoms with E-state index in [4.69, 9.17) is 11.6 Å². The Morgan fingerprint density at radius 3 is 2.37 bits per heavy atom. The van der Waals surface area contributed by atoms with Crippen molar-refractivity contribution in [1.82, 2.24) is 14.4 Å². The van der Waals surface area contributed by atoms with Crippen LogP contribution in [0.5, 0.6) is 0 Å². The number of amides is 1. The monoisotopic (exact) mass is 445 g/mol. The van der Waals surface area contributed by atoms with Crippen LogP contribution >= 0.6 is 11.6 Å². The highest BCUT2D eigenvalue weighted by molar-refractivity contribution is 7.90. The molecule has 1 fully saturated rings. The zero-order valence-corrected chi connectivity index (χ0v) is 18.4. The fraction of sp³-hybridized carbons (Fsp3) is 0.318. The topological polar surface area (TPSA) is 62.6 Å². The molecule has 1 aliphatic rings. The molecule has 0 spiro atoms. The lowest BCUT2D eigenvalue weighted by molar-refractivity contribution is -0.133. The van der Waals surface area contributed by atoms with Gasteiger partial charge in [-0.1, -0.05) is 41.9 Å². The number of hydrogen-bond acceptors (Lipinski definition) is 4. The van der Waals surface area contributed by atoms with Crippen LogP contribution in [-0.4, -0.2) is 61.9 Å². The van der Waals surface area contributed by atoms with Gasteiger partial charge in [-0.05, 0) is 30.8 Å². The highest BCUT2D eigenvalue weighted by Crippen LogP contribution is 2.28. The molecule has 0 radical (unpaired) electrons. The number of likely N-dealkylation sites (N-methyl/N-ethyl adjacent to an activating group) is 1. The van der Waals surface area contributed by atoms with Crippen LogP contribution < -0.4 is 0 Å². The maximum atomic E-state index is 13.2. The van der Waals surface area contributed by atoms with Crippen molar-refractivity contribution in [3.8, 4) is 0 Å². The van der Waals surface area contributed by atoms with Gasteiger partial charge in [-0.3, -0.25) is 4.79 Å². The molecule has 1 saturated heterocycles. The van der Waals surface area contributed by atoms with Crippen LogP contribution in [0.1, 0.15) is 5.56 Å². The van der Waals surface area contributed by atoms with Crippen molar-refractivity contribution in [2.75, 3.05) is 33.2 Å². The van der Waals surface area contributed by atoms with Crippen LogP contribution in [0.2, 0.25) is 5.02 Å². The van der Waals surface area contributed by atoms with Crippen molar-refractivity contribution in [3.05, 3.63) is 65.3 Å². The van der Waals surface area contributed by atoms with Gasteiger partial charge in [-0.25, -0.2) is 8.42 Å². The lowest BCUT2D eigenvalue weighted by Crippen LogP contribution is -2.48. The molecule has 0 N–H and O–H groups in total. The van der Waals surface area contributed by atoms with E-state index in [1.807, 2.05) is 30.1 Å². The maximum absolute atomic E-state index is 13.2. The number of hydrogen-bond donors (Lipinski definition) is 0. The van der Waals surface area contributed by atoms with E-state index in [1.54, 1.807) is 41.1 Å². The second-order valence-corrected chi connectivity index (χ2v) is 10.1. The Labute approximate surface area is 181 Å². The third-order valence-electron chi connectivity index (χ3n) is 5.52. The maximum Gasteiger partial charge on any atom is 0.242 e. The second-order valence-electron chi connectivity index (χ2n) is 7.71.